The van der Waals surface area contributed by atoms with Crippen LogP contribution in [-0.2, 0) is 9.59 Å². The molecule has 5 nitrogen and oxygen atoms in total. The van der Waals surface area contributed by atoms with E-state index in [1.807, 2.05) is 26.0 Å². The molecule has 0 aliphatic carbocycles. The number of halogens is 1. The molecule has 6 heteroatoms. The first-order chi connectivity index (χ1) is 12.4. The first-order valence-electron chi connectivity index (χ1n) is 8.12. The maximum atomic E-state index is 12.1. The van der Waals surface area contributed by atoms with E-state index >= 15 is 0 Å². The van der Waals surface area contributed by atoms with Gasteiger partial charge < -0.3 is 15.4 Å². The van der Waals surface area contributed by atoms with E-state index < -0.39 is 0 Å². The van der Waals surface area contributed by atoms with Crippen LogP contribution in [-0.4, -0.2) is 18.9 Å². The number of methoxy groups -OCH3 is 1. The van der Waals surface area contributed by atoms with Crippen LogP contribution in [0.3, 0.4) is 0 Å². The van der Waals surface area contributed by atoms with Gasteiger partial charge in [0, 0.05) is 28.8 Å². The highest BCUT2D eigenvalue weighted by Crippen LogP contribution is 2.28. The van der Waals surface area contributed by atoms with Gasteiger partial charge >= 0.3 is 0 Å². The van der Waals surface area contributed by atoms with Crippen molar-refractivity contribution in [3.63, 3.8) is 0 Å². The van der Waals surface area contributed by atoms with Crippen molar-refractivity contribution in [3.8, 4) is 5.75 Å². The molecule has 0 aromatic heterocycles. The van der Waals surface area contributed by atoms with Gasteiger partial charge in [0.1, 0.15) is 5.75 Å². The van der Waals surface area contributed by atoms with Crippen LogP contribution in [0.4, 0.5) is 11.4 Å². The van der Waals surface area contributed by atoms with Crippen LogP contribution in [0.5, 0.6) is 5.75 Å². The second-order valence-electron chi connectivity index (χ2n) is 5.93. The van der Waals surface area contributed by atoms with E-state index in [2.05, 4.69) is 10.6 Å². The van der Waals surface area contributed by atoms with Crippen LogP contribution in [0.15, 0.2) is 48.5 Å². The number of nitrogens with one attached hydrogen (secondary N) is 2. The number of benzene rings is 2. The number of carbonyl (C=O) groups excluding carboxylic acids is 2. The minimum Gasteiger partial charge on any atom is -0.494 e. The number of rotatable bonds is 6. The average Bonchev–Trinajstić information content (AvgIpc) is 2.62. The molecule has 0 radical (unpaired) electrons. The third kappa shape index (κ3) is 5.63. The number of ether oxygens (including phenoxy) is 1. The quantitative estimate of drug-likeness (QED) is 0.728. The maximum Gasteiger partial charge on any atom is 0.248 e. The highest BCUT2D eigenvalue weighted by molar-refractivity contribution is 6.30. The van der Waals surface area contributed by atoms with Crippen molar-refractivity contribution in [2.75, 3.05) is 17.7 Å². The Bertz CT molecular complexity index is 814. The lowest BCUT2D eigenvalue weighted by molar-refractivity contribution is -0.119. The normalized spacial score (nSPS) is 10.8. The average molecular weight is 373 g/mol. The summed E-state index contributed by atoms with van der Waals surface area (Å²) < 4.78 is 5.29. The van der Waals surface area contributed by atoms with Gasteiger partial charge in [-0.25, -0.2) is 0 Å². The van der Waals surface area contributed by atoms with E-state index in [0.29, 0.717) is 22.1 Å². The zero-order chi connectivity index (χ0) is 19.1. The zero-order valence-electron chi connectivity index (χ0n) is 14.9. The second kappa shape index (κ2) is 9.06. The standard InChI is InChI=1S/C20H21ClN2O3/c1-13(2)20(25)23-17-10-9-16(12-18(17)26-3)22-19(24)11-6-14-4-7-15(21)8-5-14/h4-13H,1-3H3,(H,22,24)(H,23,25). The lowest BCUT2D eigenvalue weighted by Crippen LogP contribution is -2.18. The maximum absolute atomic E-state index is 12.1. The Balaban J connectivity index is 2.05. The Morgan fingerprint density at radius 3 is 2.38 bits per heavy atom. The molecule has 2 rings (SSSR count). The fourth-order valence-electron chi connectivity index (χ4n) is 2.08. The lowest BCUT2D eigenvalue weighted by Gasteiger charge is -2.13. The van der Waals surface area contributed by atoms with Gasteiger partial charge in [0.2, 0.25) is 11.8 Å². The van der Waals surface area contributed by atoms with E-state index in [-0.39, 0.29) is 17.7 Å². The molecular weight excluding hydrogens is 352 g/mol. The van der Waals surface area contributed by atoms with Crippen molar-refractivity contribution in [2.24, 2.45) is 5.92 Å². The molecule has 0 spiro atoms. The molecule has 2 N–H and O–H groups in total. The van der Waals surface area contributed by atoms with Crippen molar-refractivity contribution in [1.82, 2.24) is 0 Å². The Kier molecular flexibility index (Phi) is 6.81. The Morgan fingerprint density at radius 2 is 1.77 bits per heavy atom. The van der Waals surface area contributed by atoms with E-state index in [0.717, 1.165) is 5.56 Å². The van der Waals surface area contributed by atoms with Gasteiger partial charge in [0.05, 0.1) is 12.8 Å². The van der Waals surface area contributed by atoms with E-state index in [1.54, 1.807) is 36.4 Å². The third-order valence-electron chi connectivity index (χ3n) is 3.55. The summed E-state index contributed by atoms with van der Waals surface area (Å²) in [5, 5.41) is 6.19. The summed E-state index contributed by atoms with van der Waals surface area (Å²) in [7, 11) is 1.51. The lowest BCUT2D eigenvalue weighted by atomic mass is 10.2. The molecule has 0 saturated carbocycles. The van der Waals surface area contributed by atoms with E-state index in [1.165, 1.54) is 13.2 Å². The number of carbonyl (C=O) groups is 2. The molecule has 2 amide bonds. The van der Waals surface area contributed by atoms with Crippen LogP contribution in [0.25, 0.3) is 6.08 Å². The van der Waals surface area contributed by atoms with Crippen molar-refractivity contribution in [3.05, 3.63) is 59.1 Å². The minimum absolute atomic E-state index is 0.106. The van der Waals surface area contributed by atoms with Crippen LogP contribution >= 0.6 is 11.6 Å². The molecule has 0 fully saturated rings. The summed E-state index contributed by atoms with van der Waals surface area (Å²) in [4.78, 5) is 23.9. The van der Waals surface area contributed by atoms with Gasteiger partial charge in [0.15, 0.2) is 0 Å². The number of hydrogen-bond acceptors (Lipinski definition) is 3. The summed E-state index contributed by atoms with van der Waals surface area (Å²) in [6.45, 7) is 3.62. The highest BCUT2D eigenvalue weighted by Gasteiger charge is 2.11. The van der Waals surface area contributed by atoms with Crippen LogP contribution in [0.1, 0.15) is 19.4 Å². The summed E-state index contributed by atoms with van der Waals surface area (Å²) >= 11 is 5.83. The van der Waals surface area contributed by atoms with Gasteiger partial charge in [-0.3, -0.25) is 9.59 Å². The second-order valence-corrected chi connectivity index (χ2v) is 6.37. The van der Waals surface area contributed by atoms with Gasteiger partial charge in [-0.1, -0.05) is 37.6 Å². The Labute approximate surface area is 158 Å². The van der Waals surface area contributed by atoms with Crippen LogP contribution in [0, 0.1) is 5.92 Å². The number of amides is 2. The molecule has 0 aliphatic rings. The molecule has 0 saturated heterocycles. The summed E-state index contributed by atoms with van der Waals surface area (Å²) in [6.07, 6.45) is 3.13. The summed E-state index contributed by atoms with van der Waals surface area (Å²) in [5.41, 5.74) is 1.99. The monoisotopic (exact) mass is 372 g/mol. The SMILES string of the molecule is COc1cc(NC(=O)C=Cc2ccc(Cl)cc2)ccc1NC(=O)C(C)C. The van der Waals surface area contributed by atoms with E-state index in [4.69, 9.17) is 16.3 Å². The molecule has 0 atom stereocenters. The van der Waals surface area contributed by atoms with E-state index in [9.17, 15) is 9.59 Å². The van der Waals surface area contributed by atoms with Crippen molar-refractivity contribution >= 4 is 40.9 Å². The predicted molar refractivity (Wildman–Crippen MR) is 106 cm³/mol. The smallest absolute Gasteiger partial charge is 0.248 e. The molecule has 136 valence electrons. The third-order valence-corrected chi connectivity index (χ3v) is 3.80. The largest absolute Gasteiger partial charge is 0.494 e. The highest BCUT2D eigenvalue weighted by atomic mass is 35.5. The topological polar surface area (TPSA) is 67.4 Å². The van der Waals surface area contributed by atoms with Gasteiger partial charge in [-0.15, -0.1) is 0 Å². The van der Waals surface area contributed by atoms with Crippen molar-refractivity contribution < 1.29 is 14.3 Å². The number of hydrogen-bond donors (Lipinski definition) is 2. The summed E-state index contributed by atoms with van der Waals surface area (Å²) in [6, 6.07) is 12.2. The fourth-order valence-corrected chi connectivity index (χ4v) is 2.21. The van der Waals surface area contributed by atoms with Crippen molar-refractivity contribution in [1.29, 1.82) is 0 Å². The fraction of sp³-hybridized carbons (Fsp3) is 0.200. The minimum atomic E-state index is -0.277. The molecular formula is C20H21ClN2O3. The molecule has 26 heavy (non-hydrogen) atoms. The first kappa shape index (κ1) is 19.5. The number of anilines is 2. The molecule has 0 bridgehead atoms. The van der Waals surface area contributed by atoms with Crippen LogP contribution < -0.4 is 15.4 Å². The predicted octanol–water partition coefficient (Wildman–Crippen LogP) is 4.60. The Hall–Kier alpha value is -2.79. The zero-order valence-corrected chi connectivity index (χ0v) is 15.6. The molecule has 0 heterocycles. The first-order valence-corrected chi connectivity index (χ1v) is 8.50. The molecule has 2 aromatic carbocycles. The molecule has 0 unspecified atom stereocenters. The van der Waals surface area contributed by atoms with Gasteiger partial charge in [-0.05, 0) is 35.9 Å². The van der Waals surface area contributed by atoms with Crippen LogP contribution in [0.2, 0.25) is 5.02 Å². The van der Waals surface area contributed by atoms with Crippen molar-refractivity contribution in [2.45, 2.75) is 13.8 Å². The van der Waals surface area contributed by atoms with Gasteiger partial charge in [-0.2, -0.15) is 0 Å². The molecule has 2 aromatic rings. The molecule has 0 aliphatic heterocycles. The Morgan fingerprint density at radius 1 is 1.08 bits per heavy atom. The van der Waals surface area contributed by atoms with Gasteiger partial charge in [0.25, 0.3) is 0 Å². The summed E-state index contributed by atoms with van der Waals surface area (Å²) in [5.74, 6) is -0.0532.